The van der Waals surface area contributed by atoms with E-state index in [2.05, 4.69) is 48.7 Å². The number of nitrogens with one attached hydrogen (secondary N) is 2. The van der Waals surface area contributed by atoms with Gasteiger partial charge in [-0.25, -0.2) is 9.97 Å². The van der Waals surface area contributed by atoms with E-state index < -0.39 is 0 Å². The number of aryl methyl sites for hydroxylation is 2. The van der Waals surface area contributed by atoms with Crippen molar-refractivity contribution in [1.82, 2.24) is 34.9 Å². The maximum absolute atomic E-state index is 5.53. The number of ether oxygens (including phenoxy) is 1. The number of aromatic amines is 1. The summed E-state index contributed by atoms with van der Waals surface area (Å²) < 4.78 is 7.44. The van der Waals surface area contributed by atoms with Crippen molar-refractivity contribution in [2.75, 3.05) is 36.5 Å². The summed E-state index contributed by atoms with van der Waals surface area (Å²) in [6, 6.07) is 16.3. The molecule has 0 unspecified atom stereocenters. The lowest BCUT2D eigenvalue weighted by molar-refractivity contribution is 0.122. The second kappa shape index (κ2) is 8.80. The van der Waals surface area contributed by atoms with Gasteiger partial charge in [0, 0.05) is 48.4 Å². The van der Waals surface area contributed by atoms with Crippen molar-refractivity contribution in [1.29, 1.82) is 0 Å². The Labute approximate surface area is 202 Å². The van der Waals surface area contributed by atoms with Gasteiger partial charge in [-0.2, -0.15) is 15.2 Å². The molecule has 0 atom stereocenters. The predicted molar refractivity (Wildman–Crippen MR) is 135 cm³/mol. The van der Waals surface area contributed by atoms with Crippen molar-refractivity contribution in [2.45, 2.75) is 6.92 Å². The van der Waals surface area contributed by atoms with Gasteiger partial charge >= 0.3 is 0 Å². The van der Waals surface area contributed by atoms with Gasteiger partial charge in [-0.05, 0) is 37.3 Å². The summed E-state index contributed by atoms with van der Waals surface area (Å²) >= 11 is 0. The molecule has 4 heterocycles. The lowest BCUT2D eigenvalue weighted by Crippen LogP contribution is -2.37. The third-order valence-corrected chi connectivity index (χ3v) is 6.19. The molecule has 1 aliphatic heterocycles. The zero-order valence-electron chi connectivity index (χ0n) is 19.6. The molecule has 0 amide bonds. The minimum Gasteiger partial charge on any atom is -0.378 e. The van der Waals surface area contributed by atoms with Crippen LogP contribution in [0.25, 0.3) is 33.5 Å². The van der Waals surface area contributed by atoms with Crippen molar-refractivity contribution >= 4 is 28.4 Å². The maximum Gasteiger partial charge on any atom is 0.228 e. The van der Waals surface area contributed by atoms with Crippen LogP contribution in [0.4, 0.5) is 17.5 Å². The monoisotopic (exact) mass is 467 g/mol. The summed E-state index contributed by atoms with van der Waals surface area (Å²) in [7, 11) is 1.97. The normalized spacial score (nSPS) is 13.9. The van der Waals surface area contributed by atoms with Gasteiger partial charge in [-0.1, -0.05) is 12.1 Å². The van der Waals surface area contributed by atoms with E-state index in [0.717, 1.165) is 63.8 Å². The Morgan fingerprint density at radius 1 is 0.971 bits per heavy atom. The molecule has 0 saturated carbocycles. The van der Waals surface area contributed by atoms with Crippen LogP contribution in [0.3, 0.4) is 0 Å². The maximum atomic E-state index is 5.53. The first kappa shape index (κ1) is 21.2. The van der Waals surface area contributed by atoms with Crippen molar-refractivity contribution in [3.05, 3.63) is 60.6 Å². The Morgan fingerprint density at radius 3 is 2.54 bits per heavy atom. The van der Waals surface area contributed by atoms with Crippen molar-refractivity contribution in [2.24, 2.45) is 7.05 Å². The smallest absolute Gasteiger partial charge is 0.228 e. The number of hydrogen-bond acceptors (Lipinski definition) is 8. The Hall–Kier alpha value is -4.31. The quantitative estimate of drug-likeness (QED) is 0.403. The third-order valence-electron chi connectivity index (χ3n) is 6.19. The fraction of sp³-hybridized carbons (Fsp3) is 0.240. The number of fused-ring (bicyclic) bond motifs is 1. The molecule has 2 N–H and O–H groups in total. The molecule has 35 heavy (non-hydrogen) atoms. The Morgan fingerprint density at radius 2 is 1.77 bits per heavy atom. The van der Waals surface area contributed by atoms with Crippen LogP contribution in [-0.4, -0.2) is 61.2 Å². The fourth-order valence-corrected chi connectivity index (χ4v) is 4.35. The van der Waals surface area contributed by atoms with Gasteiger partial charge in [-0.3, -0.25) is 9.78 Å². The summed E-state index contributed by atoms with van der Waals surface area (Å²) in [6.07, 6.45) is 1.50. The SMILES string of the molecule is Cc1nn(C)c2cc(-c3cc(Nc4ccc(-c5ncn[nH]5)cc4)nc(N4CCOCC4)n3)ccc12. The van der Waals surface area contributed by atoms with Gasteiger partial charge in [-0.15, -0.1) is 0 Å². The summed E-state index contributed by atoms with van der Waals surface area (Å²) in [6.45, 7) is 4.88. The summed E-state index contributed by atoms with van der Waals surface area (Å²) in [4.78, 5) is 16.1. The molecule has 2 aromatic carbocycles. The number of aromatic nitrogens is 7. The highest BCUT2D eigenvalue weighted by atomic mass is 16.5. The van der Waals surface area contributed by atoms with Crippen LogP contribution in [0, 0.1) is 6.92 Å². The first-order valence-corrected chi connectivity index (χ1v) is 11.5. The van der Waals surface area contributed by atoms with Crippen LogP contribution >= 0.6 is 0 Å². The lowest BCUT2D eigenvalue weighted by Gasteiger charge is -2.27. The van der Waals surface area contributed by atoms with Crippen LogP contribution in [0.1, 0.15) is 5.69 Å². The van der Waals surface area contributed by atoms with E-state index in [1.54, 1.807) is 0 Å². The molecule has 0 bridgehead atoms. The van der Waals surface area contributed by atoms with E-state index >= 15 is 0 Å². The zero-order chi connectivity index (χ0) is 23.8. The molecule has 1 saturated heterocycles. The summed E-state index contributed by atoms with van der Waals surface area (Å²) in [5.41, 5.74) is 5.84. The third kappa shape index (κ3) is 4.19. The van der Waals surface area contributed by atoms with E-state index in [0.29, 0.717) is 19.2 Å². The van der Waals surface area contributed by atoms with Gasteiger partial charge in [0.25, 0.3) is 0 Å². The molecule has 6 rings (SSSR count). The van der Waals surface area contributed by atoms with E-state index in [1.807, 2.05) is 49.0 Å². The van der Waals surface area contributed by atoms with E-state index in [4.69, 9.17) is 14.7 Å². The average molecular weight is 468 g/mol. The topological polar surface area (TPSA) is 110 Å². The number of rotatable bonds is 5. The van der Waals surface area contributed by atoms with Gasteiger partial charge in [0.1, 0.15) is 12.1 Å². The minimum atomic E-state index is 0.666. The van der Waals surface area contributed by atoms with Crippen LogP contribution < -0.4 is 10.2 Å². The molecule has 1 fully saturated rings. The number of H-pyrrole nitrogens is 1. The average Bonchev–Trinajstić information content (AvgIpc) is 3.53. The first-order valence-electron chi connectivity index (χ1n) is 11.5. The number of hydrogen-bond donors (Lipinski definition) is 2. The number of morpholine rings is 1. The molecule has 176 valence electrons. The van der Waals surface area contributed by atoms with Crippen molar-refractivity contribution in [3.8, 4) is 22.6 Å². The highest BCUT2D eigenvalue weighted by Crippen LogP contribution is 2.29. The Kier molecular flexibility index (Phi) is 5.34. The molecule has 1 aliphatic rings. The standard InChI is InChI=1S/C25H25N9O/c1-16-20-8-5-18(13-22(20)33(2)32-16)21-14-23(30-25(29-21)34-9-11-35-12-10-34)28-19-6-3-17(4-7-19)24-26-15-27-31-24/h3-8,13-15H,9-12H2,1-2H3,(H,26,27,31)(H,28,29,30). The van der Waals surface area contributed by atoms with Crippen LogP contribution in [0.15, 0.2) is 54.9 Å². The molecular formula is C25H25N9O. The molecule has 10 nitrogen and oxygen atoms in total. The number of anilines is 3. The van der Waals surface area contributed by atoms with Gasteiger partial charge in [0.2, 0.25) is 5.95 Å². The molecule has 10 heteroatoms. The second-order valence-corrected chi connectivity index (χ2v) is 8.52. The Balaban J connectivity index is 1.37. The molecule has 0 spiro atoms. The van der Waals surface area contributed by atoms with E-state index in [1.165, 1.54) is 6.33 Å². The predicted octanol–water partition coefficient (Wildman–Crippen LogP) is 3.70. The molecular weight excluding hydrogens is 442 g/mol. The van der Waals surface area contributed by atoms with Gasteiger partial charge < -0.3 is 15.0 Å². The largest absolute Gasteiger partial charge is 0.378 e. The van der Waals surface area contributed by atoms with Crippen LogP contribution in [0.5, 0.6) is 0 Å². The summed E-state index contributed by atoms with van der Waals surface area (Å²) in [5.74, 6) is 2.15. The Bertz CT molecular complexity index is 1470. The molecule has 3 aromatic heterocycles. The molecule has 0 radical (unpaired) electrons. The fourth-order valence-electron chi connectivity index (χ4n) is 4.35. The van der Waals surface area contributed by atoms with Gasteiger partial charge in [0.05, 0.1) is 30.1 Å². The zero-order valence-corrected chi connectivity index (χ0v) is 19.6. The summed E-state index contributed by atoms with van der Waals surface area (Å²) in [5, 5.41) is 15.9. The highest BCUT2D eigenvalue weighted by Gasteiger charge is 2.17. The number of benzene rings is 2. The minimum absolute atomic E-state index is 0.666. The van der Waals surface area contributed by atoms with Gasteiger partial charge in [0.15, 0.2) is 5.82 Å². The van der Waals surface area contributed by atoms with Crippen molar-refractivity contribution < 1.29 is 4.74 Å². The van der Waals surface area contributed by atoms with E-state index in [9.17, 15) is 0 Å². The van der Waals surface area contributed by atoms with E-state index in [-0.39, 0.29) is 0 Å². The lowest BCUT2D eigenvalue weighted by atomic mass is 10.1. The van der Waals surface area contributed by atoms with Crippen LogP contribution in [-0.2, 0) is 11.8 Å². The van der Waals surface area contributed by atoms with Crippen LogP contribution in [0.2, 0.25) is 0 Å². The number of nitrogens with zero attached hydrogens (tertiary/aromatic N) is 7. The van der Waals surface area contributed by atoms with Crippen molar-refractivity contribution in [3.63, 3.8) is 0 Å². The highest BCUT2D eigenvalue weighted by molar-refractivity contribution is 5.86. The second-order valence-electron chi connectivity index (χ2n) is 8.52. The molecule has 5 aromatic rings. The first-order chi connectivity index (χ1) is 17.1. The molecule has 0 aliphatic carbocycles.